The SMILES string of the molecule is Cc1cccc(NC(=O)CSCC(=O)NC[C@@H](c2ccco2)[NH+]2CCCC2)c1. The van der Waals surface area contributed by atoms with Crippen molar-refractivity contribution in [2.45, 2.75) is 25.8 Å². The monoisotopic (exact) mass is 402 g/mol. The molecule has 1 aromatic carbocycles. The molecule has 0 aliphatic carbocycles. The van der Waals surface area contributed by atoms with Gasteiger partial charge in [-0.2, -0.15) is 0 Å². The molecule has 1 atom stereocenters. The van der Waals surface area contributed by atoms with Crippen LogP contribution in [0.4, 0.5) is 5.69 Å². The zero-order chi connectivity index (χ0) is 19.8. The Labute approximate surface area is 170 Å². The summed E-state index contributed by atoms with van der Waals surface area (Å²) in [6.45, 7) is 4.75. The molecule has 0 radical (unpaired) electrons. The molecule has 2 amide bonds. The third kappa shape index (κ3) is 6.14. The van der Waals surface area contributed by atoms with E-state index in [2.05, 4.69) is 10.6 Å². The summed E-state index contributed by atoms with van der Waals surface area (Å²) in [6.07, 6.45) is 4.11. The zero-order valence-electron chi connectivity index (χ0n) is 16.2. The maximum Gasteiger partial charge on any atom is 0.234 e. The first-order valence-electron chi connectivity index (χ1n) is 9.71. The molecule has 3 N–H and O–H groups in total. The van der Waals surface area contributed by atoms with Crippen LogP contribution in [0.3, 0.4) is 0 Å². The molecule has 0 saturated carbocycles. The highest BCUT2D eigenvalue weighted by atomic mass is 32.2. The van der Waals surface area contributed by atoms with Gasteiger partial charge in [0.2, 0.25) is 11.8 Å². The quantitative estimate of drug-likeness (QED) is 0.598. The number of thioether (sulfide) groups is 1. The molecule has 0 spiro atoms. The first-order chi connectivity index (χ1) is 13.6. The normalized spacial score (nSPS) is 15.3. The maximum atomic E-state index is 12.2. The summed E-state index contributed by atoms with van der Waals surface area (Å²) in [5.74, 6) is 1.28. The molecule has 3 rings (SSSR count). The molecular formula is C21H28N3O3S+. The Kier molecular flexibility index (Phi) is 7.56. The van der Waals surface area contributed by atoms with E-state index in [1.54, 1.807) is 6.26 Å². The summed E-state index contributed by atoms with van der Waals surface area (Å²) >= 11 is 1.32. The second kappa shape index (κ2) is 10.3. The van der Waals surface area contributed by atoms with Gasteiger partial charge < -0.3 is 20.0 Å². The molecule has 28 heavy (non-hydrogen) atoms. The number of hydrogen-bond donors (Lipinski definition) is 3. The zero-order valence-corrected chi connectivity index (χ0v) is 17.0. The lowest BCUT2D eigenvalue weighted by Crippen LogP contribution is -3.11. The van der Waals surface area contributed by atoms with Gasteiger partial charge in [0.15, 0.2) is 11.8 Å². The van der Waals surface area contributed by atoms with Gasteiger partial charge in [-0.1, -0.05) is 12.1 Å². The number of likely N-dealkylation sites (tertiary alicyclic amines) is 1. The summed E-state index contributed by atoms with van der Waals surface area (Å²) in [5.41, 5.74) is 1.88. The lowest BCUT2D eigenvalue weighted by Gasteiger charge is -2.23. The average Bonchev–Trinajstić information content (AvgIpc) is 3.36. The fraction of sp³-hybridized carbons (Fsp3) is 0.429. The summed E-state index contributed by atoms with van der Waals surface area (Å²) in [6, 6.07) is 11.7. The van der Waals surface area contributed by atoms with E-state index >= 15 is 0 Å². The van der Waals surface area contributed by atoms with Crippen LogP contribution in [-0.2, 0) is 9.59 Å². The number of aryl methyl sites for hydroxylation is 1. The molecule has 0 bridgehead atoms. The van der Waals surface area contributed by atoms with Gasteiger partial charge in [-0.15, -0.1) is 11.8 Å². The number of nitrogens with one attached hydrogen (secondary N) is 3. The van der Waals surface area contributed by atoms with Crippen molar-refractivity contribution in [2.24, 2.45) is 0 Å². The van der Waals surface area contributed by atoms with E-state index in [0.29, 0.717) is 6.54 Å². The number of quaternary nitrogens is 1. The van der Waals surface area contributed by atoms with Crippen LogP contribution in [0.15, 0.2) is 47.1 Å². The highest BCUT2D eigenvalue weighted by molar-refractivity contribution is 8.00. The molecule has 1 saturated heterocycles. The van der Waals surface area contributed by atoms with E-state index in [4.69, 9.17) is 4.42 Å². The largest absolute Gasteiger partial charge is 0.463 e. The molecule has 2 heterocycles. The van der Waals surface area contributed by atoms with Crippen LogP contribution < -0.4 is 15.5 Å². The number of amides is 2. The van der Waals surface area contributed by atoms with E-state index in [-0.39, 0.29) is 29.4 Å². The van der Waals surface area contributed by atoms with E-state index in [0.717, 1.165) is 30.1 Å². The topological polar surface area (TPSA) is 75.8 Å². The van der Waals surface area contributed by atoms with Crippen molar-refractivity contribution in [2.75, 3.05) is 36.5 Å². The molecule has 150 valence electrons. The number of benzene rings is 1. The number of anilines is 1. The van der Waals surface area contributed by atoms with E-state index in [1.807, 2.05) is 43.3 Å². The molecular weight excluding hydrogens is 374 g/mol. The average molecular weight is 403 g/mol. The minimum atomic E-state index is -0.0987. The van der Waals surface area contributed by atoms with Gasteiger partial charge in [0.05, 0.1) is 37.4 Å². The second-order valence-corrected chi connectivity index (χ2v) is 8.13. The Balaban J connectivity index is 1.39. The van der Waals surface area contributed by atoms with Crippen molar-refractivity contribution in [3.63, 3.8) is 0 Å². The highest BCUT2D eigenvalue weighted by Crippen LogP contribution is 2.12. The molecule has 0 unspecified atom stereocenters. The van der Waals surface area contributed by atoms with Gasteiger partial charge >= 0.3 is 0 Å². The smallest absolute Gasteiger partial charge is 0.234 e. The van der Waals surface area contributed by atoms with Crippen molar-refractivity contribution in [1.82, 2.24) is 5.32 Å². The molecule has 6 nitrogen and oxygen atoms in total. The summed E-state index contributed by atoms with van der Waals surface area (Å²) in [5, 5.41) is 5.86. The van der Waals surface area contributed by atoms with Gasteiger partial charge in [-0.3, -0.25) is 9.59 Å². The lowest BCUT2D eigenvalue weighted by atomic mass is 10.2. The van der Waals surface area contributed by atoms with Crippen molar-refractivity contribution in [1.29, 1.82) is 0 Å². The van der Waals surface area contributed by atoms with Crippen LogP contribution in [0.1, 0.15) is 30.2 Å². The molecule has 2 aromatic rings. The maximum absolute atomic E-state index is 12.2. The number of carbonyl (C=O) groups excluding carboxylic acids is 2. The number of hydrogen-bond acceptors (Lipinski definition) is 4. The third-order valence-electron chi connectivity index (χ3n) is 4.90. The first-order valence-corrected chi connectivity index (χ1v) is 10.9. The summed E-state index contributed by atoms with van der Waals surface area (Å²) < 4.78 is 5.59. The number of carbonyl (C=O) groups is 2. The number of rotatable bonds is 9. The number of furan rings is 1. The Bertz CT molecular complexity index is 773. The van der Waals surface area contributed by atoms with Gasteiger partial charge in [-0.25, -0.2) is 0 Å². The van der Waals surface area contributed by atoms with Crippen LogP contribution in [0.2, 0.25) is 0 Å². The van der Waals surface area contributed by atoms with Crippen LogP contribution in [0.25, 0.3) is 0 Å². The fourth-order valence-electron chi connectivity index (χ4n) is 3.54. The van der Waals surface area contributed by atoms with Crippen molar-refractivity contribution >= 4 is 29.3 Å². The van der Waals surface area contributed by atoms with E-state index in [9.17, 15) is 9.59 Å². The van der Waals surface area contributed by atoms with Gasteiger partial charge in [0, 0.05) is 18.5 Å². The summed E-state index contributed by atoms with van der Waals surface area (Å²) in [7, 11) is 0. The van der Waals surface area contributed by atoms with Crippen molar-refractivity contribution < 1.29 is 18.9 Å². The van der Waals surface area contributed by atoms with Crippen molar-refractivity contribution in [3.8, 4) is 0 Å². The van der Waals surface area contributed by atoms with Crippen LogP contribution >= 0.6 is 11.8 Å². The predicted molar refractivity (Wildman–Crippen MR) is 112 cm³/mol. The highest BCUT2D eigenvalue weighted by Gasteiger charge is 2.29. The molecule has 1 aliphatic heterocycles. The standard InChI is InChI=1S/C21H27N3O3S/c1-16-6-4-7-17(12-16)23-21(26)15-28-14-20(25)22-13-18(19-8-5-11-27-19)24-9-2-3-10-24/h4-8,11-12,18H,2-3,9-10,13-15H2,1H3,(H,22,25)(H,23,26)/p+1/t18-/m0/s1. The Morgan fingerprint density at radius 3 is 2.64 bits per heavy atom. The van der Waals surface area contributed by atoms with Gasteiger partial charge in [-0.05, 0) is 36.8 Å². The van der Waals surface area contributed by atoms with Crippen LogP contribution in [0.5, 0.6) is 0 Å². The first kappa shape index (κ1) is 20.5. The molecule has 1 aromatic heterocycles. The summed E-state index contributed by atoms with van der Waals surface area (Å²) in [4.78, 5) is 25.7. The Morgan fingerprint density at radius 2 is 1.93 bits per heavy atom. The Hall–Kier alpha value is -2.25. The van der Waals surface area contributed by atoms with Crippen molar-refractivity contribution in [3.05, 3.63) is 54.0 Å². The molecule has 1 fully saturated rings. The minimum absolute atomic E-state index is 0.0523. The second-order valence-electron chi connectivity index (χ2n) is 7.15. The predicted octanol–water partition coefficient (Wildman–Crippen LogP) is 1.80. The minimum Gasteiger partial charge on any atom is -0.463 e. The fourth-order valence-corrected chi connectivity index (χ4v) is 4.18. The van der Waals surface area contributed by atoms with Crippen LogP contribution in [-0.4, -0.2) is 43.0 Å². The van der Waals surface area contributed by atoms with Gasteiger partial charge in [0.25, 0.3) is 0 Å². The molecule has 7 heteroatoms. The van der Waals surface area contributed by atoms with E-state index < -0.39 is 0 Å². The lowest BCUT2D eigenvalue weighted by molar-refractivity contribution is -0.919. The Morgan fingerprint density at radius 1 is 1.14 bits per heavy atom. The molecule has 1 aliphatic rings. The third-order valence-corrected chi connectivity index (χ3v) is 5.83. The van der Waals surface area contributed by atoms with Gasteiger partial charge in [0.1, 0.15) is 0 Å². The van der Waals surface area contributed by atoms with E-state index in [1.165, 1.54) is 29.5 Å². The van der Waals surface area contributed by atoms with Crippen LogP contribution in [0, 0.1) is 6.92 Å².